The lowest BCUT2D eigenvalue weighted by molar-refractivity contribution is -0.163. The van der Waals surface area contributed by atoms with E-state index in [1.54, 1.807) is 6.08 Å². The molecule has 3 nitrogen and oxygen atoms in total. The first-order valence-corrected chi connectivity index (χ1v) is 5.05. The van der Waals surface area contributed by atoms with Gasteiger partial charge in [-0.2, -0.15) is 0 Å². The third kappa shape index (κ3) is 1.82. The Morgan fingerprint density at radius 3 is 2.93 bits per heavy atom. The van der Waals surface area contributed by atoms with Crippen LogP contribution in [0.5, 0.6) is 0 Å². The highest BCUT2D eigenvalue weighted by atomic mass is 16.5. The second kappa shape index (κ2) is 4.60. The van der Waals surface area contributed by atoms with E-state index in [0.29, 0.717) is 19.3 Å². The molecule has 1 N–H and O–H groups in total. The molecule has 80 valence electrons. The highest BCUT2D eigenvalue weighted by molar-refractivity contribution is 5.77. The first kappa shape index (κ1) is 11.2. The molecule has 0 radical (unpaired) electrons. The summed E-state index contributed by atoms with van der Waals surface area (Å²) < 4.78 is 4.77. The van der Waals surface area contributed by atoms with Gasteiger partial charge < -0.3 is 9.84 Å². The smallest absolute Gasteiger partial charge is 0.314 e. The van der Waals surface area contributed by atoms with Crippen LogP contribution in [0.25, 0.3) is 0 Å². The number of esters is 1. The number of aliphatic hydroxyl groups is 1. The van der Waals surface area contributed by atoms with E-state index in [-0.39, 0.29) is 5.97 Å². The normalized spacial score (nSPS) is 32.3. The number of carbonyl (C=O) groups excluding carboxylic acids is 1. The number of hydrogen-bond donors (Lipinski definition) is 1. The maximum atomic E-state index is 11.7. The maximum absolute atomic E-state index is 11.7. The summed E-state index contributed by atoms with van der Waals surface area (Å²) in [5.74, 6) is -0.301. The quantitative estimate of drug-likeness (QED) is 0.554. The summed E-state index contributed by atoms with van der Waals surface area (Å²) in [6.07, 6.45) is 4.95. The van der Waals surface area contributed by atoms with Gasteiger partial charge in [0.2, 0.25) is 0 Å². The second-order valence-electron chi connectivity index (χ2n) is 3.90. The summed E-state index contributed by atoms with van der Waals surface area (Å²) >= 11 is 0. The lowest BCUT2D eigenvalue weighted by Crippen LogP contribution is -2.45. The Balaban J connectivity index is 2.87. The van der Waals surface area contributed by atoms with Crippen molar-refractivity contribution in [2.75, 3.05) is 7.11 Å². The van der Waals surface area contributed by atoms with E-state index in [1.165, 1.54) is 7.11 Å². The molecule has 1 fully saturated rings. The van der Waals surface area contributed by atoms with Crippen LogP contribution < -0.4 is 0 Å². The molecule has 0 aromatic carbocycles. The van der Waals surface area contributed by atoms with E-state index in [4.69, 9.17) is 4.74 Å². The lowest BCUT2D eigenvalue weighted by Gasteiger charge is -2.38. The summed E-state index contributed by atoms with van der Waals surface area (Å²) in [6.45, 7) is 3.63. The van der Waals surface area contributed by atoms with Crippen LogP contribution in [0.2, 0.25) is 0 Å². The van der Waals surface area contributed by atoms with Gasteiger partial charge in [-0.3, -0.25) is 4.79 Å². The van der Waals surface area contributed by atoms with Crippen molar-refractivity contribution >= 4 is 5.97 Å². The minimum absolute atomic E-state index is 0.301. The van der Waals surface area contributed by atoms with Crippen LogP contribution in [-0.4, -0.2) is 24.3 Å². The van der Waals surface area contributed by atoms with E-state index in [9.17, 15) is 9.90 Å². The number of methoxy groups -OCH3 is 1. The zero-order valence-electron chi connectivity index (χ0n) is 8.66. The van der Waals surface area contributed by atoms with Gasteiger partial charge in [-0.15, -0.1) is 6.58 Å². The van der Waals surface area contributed by atoms with E-state index in [1.807, 2.05) is 0 Å². The van der Waals surface area contributed by atoms with Gasteiger partial charge in [0.15, 0.2) is 0 Å². The average Bonchev–Trinajstić information content (AvgIpc) is 2.20. The molecule has 0 bridgehead atoms. The van der Waals surface area contributed by atoms with Gasteiger partial charge in [0.05, 0.1) is 18.6 Å². The molecular weight excluding hydrogens is 180 g/mol. The fourth-order valence-corrected chi connectivity index (χ4v) is 2.24. The maximum Gasteiger partial charge on any atom is 0.314 e. The monoisotopic (exact) mass is 198 g/mol. The zero-order chi connectivity index (χ0) is 10.6. The summed E-state index contributed by atoms with van der Waals surface area (Å²) in [7, 11) is 1.37. The molecule has 0 aromatic heterocycles. The Hall–Kier alpha value is -0.830. The molecule has 0 amide bonds. The fourth-order valence-electron chi connectivity index (χ4n) is 2.24. The van der Waals surface area contributed by atoms with Crippen molar-refractivity contribution in [3.8, 4) is 0 Å². The Morgan fingerprint density at radius 1 is 1.71 bits per heavy atom. The molecule has 1 saturated carbocycles. The molecule has 0 heterocycles. The van der Waals surface area contributed by atoms with Crippen LogP contribution in [0.4, 0.5) is 0 Å². The van der Waals surface area contributed by atoms with Crippen molar-refractivity contribution in [1.29, 1.82) is 0 Å². The SMILES string of the molecule is C=CC[C@@]1(C(=O)OC)CCCC[C@H]1O. The largest absolute Gasteiger partial charge is 0.469 e. The van der Waals surface area contributed by atoms with Gasteiger partial charge in [0.25, 0.3) is 0 Å². The van der Waals surface area contributed by atoms with Gasteiger partial charge in [0.1, 0.15) is 0 Å². The predicted molar refractivity (Wildman–Crippen MR) is 53.7 cm³/mol. The highest BCUT2D eigenvalue weighted by Crippen LogP contribution is 2.40. The fraction of sp³-hybridized carbons (Fsp3) is 0.727. The lowest BCUT2D eigenvalue weighted by atomic mass is 9.69. The molecule has 0 aromatic rings. The molecule has 0 aliphatic heterocycles. The van der Waals surface area contributed by atoms with Crippen molar-refractivity contribution in [2.24, 2.45) is 5.41 Å². The third-order valence-corrected chi connectivity index (χ3v) is 3.09. The van der Waals surface area contributed by atoms with Crippen LogP contribution in [0.15, 0.2) is 12.7 Å². The minimum Gasteiger partial charge on any atom is -0.469 e. The average molecular weight is 198 g/mol. The molecule has 14 heavy (non-hydrogen) atoms. The highest BCUT2D eigenvalue weighted by Gasteiger charge is 2.46. The molecule has 3 heteroatoms. The topological polar surface area (TPSA) is 46.5 Å². The molecule has 1 aliphatic rings. The standard InChI is InChI=1S/C11H18O3/c1-3-7-11(10(13)14-2)8-5-4-6-9(11)12/h3,9,12H,1,4-8H2,2H3/t9-,11-/m1/s1. The number of carbonyl (C=O) groups is 1. The van der Waals surface area contributed by atoms with Crippen molar-refractivity contribution in [3.63, 3.8) is 0 Å². The number of rotatable bonds is 3. The molecule has 1 aliphatic carbocycles. The van der Waals surface area contributed by atoms with Gasteiger partial charge in [-0.05, 0) is 19.3 Å². The van der Waals surface area contributed by atoms with E-state index < -0.39 is 11.5 Å². The Labute approximate surface area is 84.8 Å². The van der Waals surface area contributed by atoms with Crippen LogP contribution in [0.3, 0.4) is 0 Å². The van der Waals surface area contributed by atoms with Crippen molar-refractivity contribution < 1.29 is 14.6 Å². The minimum atomic E-state index is -0.727. The Morgan fingerprint density at radius 2 is 2.43 bits per heavy atom. The number of ether oxygens (including phenoxy) is 1. The first-order valence-electron chi connectivity index (χ1n) is 5.05. The molecule has 0 spiro atoms. The molecule has 1 rings (SSSR count). The summed E-state index contributed by atoms with van der Waals surface area (Å²) in [5.41, 5.74) is -0.727. The van der Waals surface area contributed by atoms with Crippen LogP contribution in [0, 0.1) is 5.41 Å². The van der Waals surface area contributed by atoms with Crippen molar-refractivity contribution in [2.45, 2.75) is 38.2 Å². The van der Waals surface area contributed by atoms with Gasteiger partial charge >= 0.3 is 5.97 Å². The number of aliphatic hydroxyl groups excluding tert-OH is 1. The van der Waals surface area contributed by atoms with Crippen molar-refractivity contribution in [3.05, 3.63) is 12.7 Å². The van der Waals surface area contributed by atoms with Crippen molar-refractivity contribution in [1.82, 2.24) is 0 Å². The first-order chi connectivity index (χ1) is 6.67. The van der Waals surface area contributed by atoms with Gasteiger partial charge in [-0.1, -0.05) is 18.9 Å². The van der Waals surface area contributed by atoms with E-state index in [0.717, 1.165) is 12.8 Å². The van der Waals surface area contributed by atoms with E-state index in [2.05, 4.69) is 6.58 Å². The number of hydrogen-bond acceptors (Lipinski definition) is 3. The van der Waals surface area contributed by atoms with Gasteiger partial charge in [0, 0.05) is 0 Å². The van der Waals surface area contributed by atoms with Gasteiger partial charge in [-0.25, -0.2) is 0 Å². The number of allylic oxidation sites excluding steroid dienone is 1. The Kier molecular flexibility index (Phi) is 3.69. The van der Waals surface area contributed by atoms with Crippen LogP contribution in [0.1, 0.15) is 32.1 Å². The summed E-state index contributed by atoms with van der Waals surface area (Å²) in [6, 6.07) is 0. The zero-order valence-corrected chi connectivity index (χ0v) is 8.66. The summed E-state index contributed by atoms with van der Waals surface area (Å²) in [5, 5.41) is 9.90. The van der Waals surface area contributed by atoms with Crippen LogP contribution in [-0.2, 0) is 9.53 Å². The van der Waals surface area contributed by atoms with Crippen LogP contribution >= 0.6 is 0 Å². The molecular formula is C11H18O3. The molecule has 0 saturated heterocycles. The second-order valence-corrected chi connectivity index (χ2v) is 3.90. The summed E-state index contributed by atoms with van der Waals surface area (Å²) in [4.78, 5) is 11.7. The molecule has 0 unspecified atom stereocenters. The predicted octanol–water partition coefficient (Wildman–Crippen LogP) is 1.66. The molecule has 2 atom stereocenters. The Bertz CT molecular complexity index is 225. The third-order valence-electron chi connectivity index (χ3n) is 3.09. The van der Waals surface area contributed by atoms with E-state index >= 15 is 0 Å².